The Kier molecular flexibility index (Phi) is 5.07. The molecule has 0 aromatic carbocycles. The third-order valence-corrected chi connectivity index (χ3v) is 1.98. The maximum absolute atomic E-state index is 5.25. The first-order chi connectivity index (χ1) is 4.26. The summed E-state index contributed by atoms with van der Waals surface area (Å²) >= 11 is 0. The van der Waals surface area contributed by atoms with Crippen molar-refractivity contribution >= 4 is 23.5 Å². The Balaban J connectivity index is 3.50. The lowest BCUT2D eigenvalue weighted by Gasteiger charge is -2.19. The summed E-state index contributed by atoms with van der Waals surface area (Å²) in [7, 11) is 8.39. The molecule has 0 aliphatic rings. The van der Waals surface area contributed by atoms with E-state index in [1.807, 2.05) is 0 Å². The van der Waals surface area contributed by atoms with Crippen LogP contribution in [0, 0.1) is 0 Å². The van der Waals surface area contributed by atoms with Crippen LogP contribution in [0.15, 0.2) is 0 Å². The second kappa shape index (κ2) is 4.98. The van der Waals surface area contributed by atoms with Gasteiger partial charge >= 0.3 is 0 Å². The molecular weight excluding hydrogens is 108 g/mol. The van der Waals surface area contributed by atoms with Crippen LogP contribution in [0.4, 0.5) is 0 Å². The number of rotatable bonds is 4. The van der Waals surface area contributed by atoms with Gasteiger partial charge in [-0.05, 0) is 0 Å². The van der Waals surface area contributed by atoms with Gasteiger partial charge in [0.25, 0.3) is 0 Å². The Hall–Kier alpha value is 0.155. The van der Waals surface area contributed by atoms with Gasteiger partial charge < -0.3 is 4.74 Å². The molecule has 0 saturated heterocycles. The number of hydrogen-bond acceptors (Lipinski definition) is 1. The van der Waals surface area contributed by atoms with Crippen LogP contribution in [0.3, 0.4) is 0 Å². The first kappa shape index (κ1) is 9.15. The Morgan fingerprint density at radius 2 is 1.89 bits per heavy atom. The van der Waals surface area contributed by atoms with Crippen molar-refractivity contribution in [1.82, 2.24) is 0 Å². The van der Waals surface area contributed by atoms with E-state index < -0.39 is 0 Å². The Morgan fingerprint density at radius 3 is 2.00 bits per heavy atom. The Bertz CT molecular complexity index is 65.2. The van der Waals surface area contributed by atoms with Crippen LogP contribution in [0.25, 0.3) is 0 Å². The minimum absolute atomic E-state index is 0.468. The van der Waals surface area contributed by atoms with Gasteiger partial charge in [0.15, 0.2) is 0 Å². The van der Waals surface area contributed by atoms with Crippen molar-refractivity contribution in [2.24, 2.45) is 0 Å². The molecular formula is C5H15B3O. The fourth-order valence-electron chi connectivity index (χ4n) is 1.06. The number of hydrogen-bond donors (Lipinski definition) is 0. The Morgan fingerprint density at radius 1 is 1.33 bits per heavy atom. The van der Waals surface area contributed by atoms with E-state index in [2.05, 4.69) is 23.5 Å². The Labute approximate surface area is 60.8 Å². The van der Waals surface area contributed by atoms with Crippen molar-refractivity contribution in [3.05, 3.63) is 0 Å². The standard InChI is InChI=1S/C5H15B3O/c1-9-5(3-7)4(8)2-6/h4-5H,2-3,6-8H2,1H3/t4-,5+/m0/s1. The normalized spacial score (nSPS) is 17.0. The summed E-state index contributed by atoms with van der Waals surface area (Å²) in [6.07, 6.45) is 2.81. The minimum Gasteiger partial charge on any atom is -0.383 e. The van der Waals surface area contributed by atoms with Crippen LogP contribution in [-0.4, -0.2) is 36.8 Å². The zero-order valence-corrected chi connectivity index (χ0v) is 6.98. The average Bonchev–Trinajstić information content (AvgIpc) is 1.90. The van der Waals surface area contributed by atoms with Crippen LogP contribution in [0.2, 0.25) is 18.5 Å². The fraction of sp³-hybridized carbons (Fsp3) is 1.00. The van der Waals surface area contributed by atoms with Crippen LogP contribution in [-0.2, 0) is 4.74 Å². The molecule has 0 unspecified atom stereocenters. The van der Waals surface area contributed by atoms with Gasteiger partial charge in [0, 0.05) is 13.2 Å². The van der Waals surface area contributed by atoms with Gasteiger partial charge in [-0.15, -0.1) is 0 Å². The van der Waals surface area contributed by atoms with Gasteiger partial charge in [-0.3, -0.25) is 0 Å². The summed E-state index contributed by atoms with van der Waals surface area (Å²) in [5.74, 6) is 0.708. The summed E-state index contributed by atoms with van der Waals surface area (Å²) < 4.78 is 5.25. The third kappa shape index (κ3) is 3.00. The largest absolute Gasteiger partial charge is 0.383 e. The molecule has 0 aliphatic heterocycles. The predicted molar refractivity (Wildman–Crippen MR) is 49.8 cm³/mol. The van der Waals surface area contributed by atoms with E-state index in [4.69, 9.17) is 4.74 Å². The summed E-state index contributed by atoms with van der Waals surface area (Å²) in [5.41, 5.74) is 0. The summed E-state index contributed by atoms with van der Waals surface area (Å²) in [4.78, 5) is 0. The SMILES string of the molecule is BC[C@H](B)[C@@H](CB)OC. The number of methoxy groups -OCH3 is 1. The first-order valence-corrected chi connectivity index (χ1v) is 3.79. The monoisotopic (exact) mass is 124 g/mol. The van der Waals surface area contributed by atoms with Crippen molar-refractivity contribution in [1.29, 1.82) is 0 Å². The molecule has 0 aromatic heterocycles. The third-order valence-electron chi connectivity index (χ3n) is 1.98. The zero-order valence-electron chi connectivity index (χ0n) is 6.98. The van der Waals surface area contributed by atoms with E-state index in [0.29, 0.717) is 11.9 Å². The highest BCUT2D eigenvalue weighted by Gasteiger charge is 2.10. The van der Waals surface area contributed by atoms with Crippen molar-refractivity contribution in [3.8, 4) is 0 Å². The van der Waals surface area contributed by atoms with Gasteiger partial charge in [-0.25, -0.2) is 0 Å². The van der Waals surface area contributed by atoms with Gasteiger partial charge in [0.05, 0.1) is 0 Å². The molecule has 0 amide bonds. The van der Waals surface area contributed by atoms with Gasteiger partial charge in [0.2, 0.25) is 0 Å². The van der Waals surface area contributed by atoms with Crippen molar-refractivity contribution in [2.75, 3.05) is 7.11 Å². The van der Waals surface area contributed by atoms with E-state index in [1.165, 1.54) is 6.32 Å². The smallest absolute Gasteiger partial charge is 0.107 e. The van der Waals surface area contributed by atoms with Crippen LogP contribution >= 0.6 is 0 Å². The molecule has 0 aliphatic carbocycles. The molecule has 50 valence electrons. The summed E-state index contributed by atoms with van der Waals surface area (Å²) in [6.45, 7) is 0. The van der Waals surface area contributed by atoms with Crippen LogP contribution < -0.4 is 0 Å². The maximum atomic E-state index is 5.25. The lowest BCUT2D eigenvalue weighted by Crippen LogP contribution is -2.17. The van der Waals surface area contributed by atoms with Gasteiger partial charge in [-0.1, -0.05) is 18.5 Å². The molecule has 0 spiro atoms. The molecule has 0 N–H and O–H groups in total. The molecule has 0 fully saturated rings. The lowest BCUT2D eigenvalue weighted by atomic mass is 9.70. The fourth-order valence-corrected chi connectivity index (χ4v) is 1.06. The topological polar surface area (TPSA) is 9.23 Å². The van der Waals surface area contributed by atoms with Crippen LogP contribution in [0.5, 0.6) is 0 Å². The molecule has 0 heterocycles. The molecule has 9 heavy (non-hydrogen) atoms. The van der Waals surface area contributed by atoms with E-state index >= 15 is 0 Å². The summed E-state index contributed by atoms with van der Waals surface area (Å²) in [5, 5.41) is 0. The molecule has 0 bridgehead atoms. The van der Waals surface area contributed by atoms with Gasteiger partial charge in [0.1, 0.15) is 23.5 Å². The highest BCUT2D eigenvalue weighted by atomic mass is 16.5. The van der Waals surface area contributed by atoms with Crippen molar-refractivity contribution in [2.45, 2.75) is 24.6 Å². The van der Waals surface area contributed by atoms with E-state index in [0.717, 1.165) is 6.32 Å². The molecule has 4 heteroatoms. The molecule has 0 rings (SSSR count). The van der Waals surface area contributed by atoms with Crippen LogP contribution in [0.1, 0.15) is 0 Å². The predicted octanol–water partition coefficient (Wildman–Crippen LogP) is -1.47. The van der Waals surface area contributed by atoms with E-state index in [1.54, 1.807) is 7.11 Å². The molecule has 1 nitrogen and oxygen atoms in total. The van der Waals surface area contributed by atoms with E-state index in [9.17, 15) is 0 Å². The molecule has 2 atom stereocenters. The average molecular weight is 124 g/mol. The lowest BCUT2D eigenvalue weighted by molar-refractivity contribution is 0.116. The second-order valence-electron chi connectivity index (χ2n) is 2.57. The second-order valence-corrected chi connectivity index (χ2v) is 2.57. The zero-order chi connectivity index (χ0) is 7.28. The van der Waals surface area contributed by atoms with Crippen molar-refractivity contribution in [3.63, 3.8) is 0 Å². The first-order valence-electron chi connectivity index (χ1n) is 3.79. The molecule has 0 saturated carbocycles. The molecule has 0 radical (unpaired) electrons. The number of ether oxygens (including phenoxy) is 1. The minimum atomic E-state index is 0.468. The summed E-state index contributed by atoms with van der Waals surface area (Å²) in [6, 6.07) is 0. The maximum Gasteiger partial charge on any atom is 0.107 e. The van der Waals surface area contributed by atoms with Crippen molar-refractivity contribution < 1.29 is 4.74 Å². The molecule has 0 aromatic rings. The quantitative estimate of drug-likeness (QED) is 0.415. The van der Waals surface area contributed by atoms with E-state index in [-0.39, 0.29) is 0 Å². The van der Waals surface area contributed by atoms with Gasteiger partial charge in [-0.2, -0.15) is 0 Å². The highest BCUT2D eigenvalue weighted by molar-refractivity contribution is 6.20. The highest BCUT2D eigenvalue weighted by Crippen LogP contribution is 2.15.